The van der Waals surface area contributed by atoms with E-state index < -0.39 is 10.0 Å². The Hall–Kier alpha value is -3.14. The number of sulfonamides is 1. The lowest BCUT2D eigenvalue weighted by Crippen LogP contribution is -2.27. The molecule has 3 N–H and O–H groups in total. The summed E-state index contributed by atoms with van der Waals surface area (Å²) in [6.07, 6.45) is 5.47. The van der Waals surface area contributed by atoms with Crippen LogP contribution in [-0.2, 0) is 10.0 Å². The van der Waals surface area contributed by atoms with Gasteiger partial charge in [0.05, 0.1) is 5.69 Å². The maximum absolute atomic E-state index is 13.0. The van der Waals surface area contributed by atoms with Gasteiger partial charge in [-0.3, -0.25) is 14.6 Å². The van der Waals surface area contributed by atoms with Gasteiger partial charge in [0, 0.05) is 30.8 Å². The summed E-state index contributed by atoms with van der Waals surface area (Å²) in [7, 11) is -3.89. The number of H-pyrrole nitrogens is 2. The van der Waals surface area contributed by atoms with E-state index in [-0.39, 0.29) is 16.5 Å². The summed E-state index contributed by atoms with van der Waals surface area (Å²) in [5.74, 6) is 1.52. The Balaban J connectivity index is 1.39. The zero-order valence-electron chi connectivity index (χ0n) is 16.3. The maximum atomic E-state index is 13.0. The Labute approximate surface area is 174 Å². The Morgan fingerprint density at radius 1 is 1.17 bits per heavy atom. The van der Waals surface area contributed by atoms with E-state index in [4.69, 9.17) is 0 Å². The van der Waals surface area contributed by atoms with Crippen LogP contribution in [-0.4, -0.2) is 52.5 Å². The molecule has 2 aliphatic rings. The van der Waals surface area contributed by atoms with E-state index in [1.54, 1.807) is 23.1 Å². The minimum absolute atomic E-state index is 0.00788. The molecule has 3 heterocycles. The SMILES string of the molecule is O=C(c1cc(S(=O)(=O)Nc2ccccc2-c2n[nH]c(C3CC3)n2)c[nH]1)N1CCCC1. The number of carbonyl (C=O) groups excluding carboxylic acids is 1. The fraction of sp³-hybridized carbons (Fsp3) is 0.350. The van der Waals surface area contributed by atoms with E-state index in [1.807, 2.05) is 6.07 Å². The summed E-state index contributed by atoms with van der Waals surface area (Å²) in [5.41, 5.74) is 1.24. The number of amides is 1. The molecule has 2 fully saturated rings. The molecule has 1 aliphatic heterocycles. The van der Waals surface area contributed by atoms with Gasteiger partial charge < -0.3 is 9.88 Å². The molecule has 30 heavy (non-hydrogen) atoms. The third-order valence-electron chi connectivity index (χ3n) is 5.47. The van der Waals surface area contributed by atoms with Crippen molar-refractivity contribution in [1.82, 2.24) is 25.1 Å². The number of aromatic nitrogens is 4. The van der Waals surface area contributed by atoms with Crippen LogP contribution in [0.4, 0.5) is 5.69 Å². The van der Waals surface area contributed by atoms with Gasteiger partial charge in [-0.1, -0.05) is 12.1 Å². The highest BCUT2D eigenvalue weighted by atomic mass is 32.2. The number of nitrogens with one attached hydrogen (secondary N) is 3. The predicted molar refractivity (Wildman–Crippen MR) is 111 cm³/mol. The van der Waals surface area contributed by atoms with Gasteiger partial charge in [-0.05, 0) is 43.9 Å². The first kappa shape index (κ1) is 18.9. The standard InChI is InChI=1S/C20H22N6O3S/c27-20(26-9-3-4-10-26)17-11-14(12-21-17)30(28,29)25-16-6-2-1-5-15(16)19-22-18(23-24-19)13-7-8-13/h1-2,5-6,11-13,21,25H,3-4,7-10H2,(H,22,23,24). The number of carbonyl (C=O) groups is 1. The number of hydrogen-bond donors (Lipinski definition) is 3. The van der Waals surface area contributed by atoms with Crippen molar-refractivity contribution in [3.63, 3.8) is 0 Å². The zero-order chi connectivity index (χ0) is 20.7. The number of hydrogen-bond acceptors (Lipinski definition) is 5. The summed E-state index contributed by atoms with van der Waals surface area (Å²) < 4.78 is 28.5. The molecule has 0 unspecified atom stereocenters. The molecule has 0 spiro atoms. The van der Waals surface area contributed by atoms with E-state index in [0.717, 1.165) is 31.5 Å². The molecule has 3 aromatic rings. The van der Waals surface area contributed by atoms with Gasteiger partial charge >= 0.3 is 0 Å². The van der Waals surface area contributed by atoms with Crippen LogP contribution in [0.15, 0.2) is 41.4 Å². The van der Waals surface area contributed by atoms with Gasteiger partial charge in [-0.15, -0.1) is 0 Å². The monoisotopic (exact) mass is 426 g/mol. The first-order valence-electron chi connectivity index (χ1n) is 10.0. The zero-order valence-corrected chi connectivity index (χ0v) is 17.1. The second-order valence-electron chi connectivity index (χ2n) is 7.72. The van der Waals surface area contributed by atoms with Crippen LogP contribution in [0.5, 0.6) is 0 Å². The summed E-state index contributed by atoms with van der Waals surface area (Å²) in [6, 6.07) is 8.38. The van der Waals surface area contributed by atoms with Crippen LogP contribution in [0.1, 0.15) is 47.9 Å². The van der Waals surface area contributed by atoms with Gasteiger partial charge in [0.1, 0.15) is 16.4 Å². The molecule has 10 heteroatoms. The van der Waals surface area contributed by atoms with Crippen LogP contribution in [0.3, 0.4) is 0 Å². The van der Waals surface area contributed by atoms with E-state index in [0.29, 0.717) is 36.1 Å². The topological polar surface area (TPSA) is 124 Å². The largest absolute Gasteiger partial charge is 0.356 e. The van der Waals surface area contributed by atoms with E-state index in [9.17, 15) is 13.2 Å². The minimum atomic E-state index is -3.89. The number of nitrogens with zero attached hydrogens (tertiary/aromatic N) is 3. The summed E-state index contributed by atoms with van der Waals surface area (Å²) in [4.78, 5) is 21.6. The van der Waals surface area contributed by atoms with Crippen molar-refractivity contribution in [3.8, 4) is 11.4 Å². The van der Waals surface area contributed by atoms with Gasteiger partial charge in [0.15, 0.2) is 5.82 Å². The third-order valence-corrected chi connectivity index (χ3v) is 6.81. The molecular formula is C20H22N6O3S. The van der Waals surface area contributed by atoms with Gasteiger partial charge in [0.25, 0.3) is 15.9 Å². The van der Waals surface area contributed by atoms with E-state index in [2.05, 4.69) is 24.9 Å². The van der Waals surface area contributed by atoms with Crippen molar-refractivity contribution in [2.24, 2.45) is 0 Å². The third kappa shape index (κ3) is 3.58. The molecule has 1 amide bonds. The van der Waals surface area contributed by atoms with Crippen molar-refractivity contribution in [3.05, 3.63) is 48.0 Å². The predicted octanol–water partition coefficient (Wildman–Crippen LogP) is 2.71. The molecule has 0 bridgehead atoms. The lowest BCUT2D eigenvalue weighted by atomic mass is 10.2. The molecule has 1 saturated carbocycles. The minimum Gasteiger partial charge on any atom is -0.356 e. The molecule has 1 saturated heterocycles. The van der Waals surface area contributed by atoms with Gasteiger partial charge in [-0.25, -0.2) is 13.4 Å². The number of aromatic amines is 2. The molecule has 5 rings (SSSR count). The molecule has 9 nitrogen and oxygen atoms in total. The number of anilines is 1. The molecule has 0 atom stereocenters. The summed E-state index contributed by atoms with van der Waals surface area (Å²) in [6.45, 7) is 1.40. The quantitative estimate of drug-likeness (QED) is 0.559. The van der Waals surface area contributed by atoms with E-state index >= 15 is 0 Å². The fourth-order valence-electron chi connectivity index (χ4n) is 3.65. The molecular weight excluding hydrogens is 404 g/mol. The van der Waals surface area contributed by atoms with Crippen LogP contribution in [0, 0.1) is 0 Å². The highest BCUT2D eigenvalue weighted by Gasteiger charge is 2.28. The fourth-order valence-corrected chi connectivity index (χ4v) is 4.72. The number of benzene rings is 1. The van der Waals surface area contributed by atoms with Crippen LogP contribution >= 0.6 is 0 Å². The van der Waals surface area contributed by atoms with E-state index in [1.165, 1.54) is 12.3 Å². The molecule has 1 aromatic carbocycles. The Morgan fingerprint density at radius 2 is 1.93 bits per heavy atom. The van der Waals surface area contributed by atoms with Crippen molar-refractivity contribution in [2.75, 3.05) is 17.8 Å². The normalized spacial score (nSPS) is 16.7. The first-order valence-corrected chi connectivity index (χ1v) is 11.5. The second kappa shape index (κ2) is 7.28. The number of rotatable bonds is 6. The lowest BCUT2D eigenvalue weighted by molar-refractivity contribution is 0.0787. The highest BCUT2D eigenvalue weighted by Crippen LogP contribution is 2.39. The highest BCUT2D eigenvalue weighted by molar-refractivity contribution is 7.92. The summed E-state index contributed by atoms with van der Waals surface area (Å²) >= 11 is 0. The Bertz CT molecular complexity index is 1190. The maximum Gasteiger partial charge on any atom is 0.270 e. The van der Waals surface area contributed by atoms with Crippen molar-refractivity contribution >= 4 is 21.6 Å². The smallest absolute Gasteiger partial charge is 0.270 e. The van der Waals surface area contributed by atoms with Crippen LogP contribution in [0.25, 0.3) is 11.4 Å². The Morgan fingerprint density at radius 3 is 2.70 bits per heavy atom. The first-order chi connectivity index (χ1) is 14.5. The van der Waals surface area contributed by atoms with Gasteiger partial charge in [-0.2, -0.15) is 5.10 Å². The number of likely N-dealkylation sites (tertiary alicyclic amines) is 1. The van der Waals surface area contributed by atoms with Crippen molar-refractivity contribution in [1.29, 1.82) is 0 Å². The average molecular weight is 427 g/mol. The van der Waals surface area contributed by atoms with Crippen molar-refractivity contribution < 1.29 is 13.2 Å². The number of para-hydroxylation sites is 1. The molecule has 2 aromatic heterocycles. The van der Waals surface area contributed by atoms with Crippen LogP contribution < -0.4 is 4.72 Å². The average Bonchev–Trinajstić information content (AvgIpc) is 3.20. The molecule has 0 radical (unpaired) electrons. The lowest BCUT2D eigenvalue weighted by Gasteiger charge is -2.13. The van der Waals surface area contributed by atoms with Crippen molar-refractivity contribution in [2.45, 2.75) is 36.5 Å². The molecule has 156 valence electrons. The second-order valence-corrected chi connectivity index (χ2v) is 9.40. The summed E-state index contributed by atoms with van der Waals surface area (Å²) in [5, 5.41) is 7.20. The van der Waals surface area contributed by atoms with Crippen LogP contribution in [0.2, 0.25) is 0 Å². The Kier molecular flexibility index (Phi) is 4.58. The molecule has 1 aliphatic carbocycles. The van der Waals surface area contributed by atoms with Gasteiger partial charge in [0.2, 0.25) is 0 Å².